The molecule has 0 radical (unpaired) electrons. The monoisotopic (exact) mass is 496 g/mol. The number of pyridine rings is 1. The fourth-order valence-corrected chi connectivity index (χ4v) is 5.26. The lowest BCUT2D eigenvalue weighted by Gasteiger charge is -2.24. The van der Waals surface area contributed by atoms with Crippen molar-refractivity contribution in [3.63, 3.8) is 0 Å². The van der Waals surface area contributed by atoms with Gasteiger partial charge in [-0.05, 0) is 24.3 Å². The molecule has 35 heavy (non-hydrogen) atoms. The number of carbonyl (C=O) groups excluding carboxylic acids is 1. The minimum absolute atomic E-state index is 0.0688. The molecule has 2 aliphatic rings. The molecule has 9 nitrogen and oxygen atoms in total. The van der Waals surface area contributed by atoms with Crippen molar-refractivity contribution in [2.24, 2.45) is 10.7 Å². The number of hydrogen-bond acceptors (Lipinski definition) is 8. The number of aromatic amines is 1. The van der Waals surface area contributed by atoms with Crippen molar-refractivity contribution in [3.05, 3.63) is 47.9 Å². The number of nitrogens with two attached hydrogens (primary N) is 1. The number of ether oxygens (including phenoxy) is 4. The number of rotatable bonds is 9. The third-order valence-corrected chi connectivity index (χ3v) is 7.05. The van der Waals surface area contributed by atoms with Crippen LogP contribution in [-0.4, -0.2) is 59.1 Å². The average Bonchev–Trinajstić information content (AvgIpc) is 3.48. The maximum atomic E-state index is 11.3. The number of thioether (sulfide) groups is 1. The first-order chi connectivity index (χ1) is 17.1. The SMILES string of the molecule is COCc1ccc(Oc2cc(OC3CCOCC3)c3[nH]c(C4=NCC(CC(N)=O)S4)cc3c2)cn1. The van der Waals surface area contributed by atoms with E-state index in [1.807, 2.05) is 30.3 Å². The zero-order valence-corrected chi connectivity index (χ0v) is 20.3. The second-order valence-corrected chi connectivity index (χ2v) is 9.86. The van der Waals surface area contributed by atoms with E-state index in [1.165, 1.54) is 0 Å². The minimum Gasteiger partial charge on any atom is -0.488 e. The summed E-state index contributed by atoms with van der Waals surface area (Å²) < 4.78 is 23.2. The number of carbonyl (C=O) groups is 1. The molecule has 2 aromatic heterocycles. The van der Waals surface area contributed by atoms with E-state index in [-0.39, 0.29) is 17.3 Å². The maximum Gasteiger partial charge on any atom is 0.218 e. The molecule has 1 amide bonds. The smallest absolute Gasteiger partial charge is 0.218 e. The summed E-state index contributed by atoms with van der Waals surface area (Å²) in [4.78, 5) is 23.8. The number of methoxy groups -OCH3 is 1. The van der Waals surface area contributed by atoms with Gasteiger partial charge in [0, 0.05) is 43.1 Å². The van der Waals surface area contributed by atoms with Gasteiger partial charge in [0.25, 0.3) is 0 Å². The number of nitrogens with zero attached hydrogens (tertiary/aromatic N) is 2. The van der Waals surface area contributed by atoms with Crippen LogP contribution in [0.5, 0.6) is 17.2 Å². The van der Waals surface area contributed by atoms with E-state index in [0.29, 0.717) is 44.3 Å². The van der Waals surface area contributed by atoms with Crippen LogP contribution in [0.15, 0.2) is 41.5 Å². The average molecular weight is 497 g/mol. The van der Waals surface area contributed by atoms with Gasteiger partial charge in [-0.3, -0.25) is 14.8 Å². The van der Waals surface area contributed by atoms with Gasteiger partial charge in [-0.15, -0.1) is 0 Å². The second-order valence-electron chi connectivity index (χ2n) is 8.57. The van der Waals surface area contributed by atoms with Gasteiger partial charge in [0.15, 0.2) is 0 Å². The van der Waals surface area contributed by atoms with Gasteiger partial charge >= 0.3 is 0 Å². The summed E-state index contributed by atoms with van der Waals surface area (Å²) in [5, 5.41) is 1.88. The lowest BCUT2D eigenvalue weighted by molar-refractivity contribution is -0.117. The number of primary amides is 1. The normalized spacial score (nSPS) is 18.5. The number of fused-ring (bicyclic) bond motifs is 1. The summed E-state index contributed by atoms with van der Waals surface area (Å²) in [5.41, 5.74) is 7.97. The first-order valence-electron chi connectivity index (χ1n) is 11.6. The van der Waals surface area contributed by atoms with Crippen LogP contribution in [-0.2, 0) is 20.9 Å². The van der Waals surface area contributed by atoms with Crippen LogP contribution >= 0.6 is 11.8 Å². The fourth-order valence-electron chi connectivity index (χ4n) is 4.16. The van der Waals surface area contributed by atoms with Crippen molar-refractivity contribution >= 4 is 33.6 Å². The zero-order chi connectivity index (χ0) is 24.2. The second kappa shape index (κ2) is 10.7. The number of hydrogen-bond donors (Lipinski definition) is 2. The van der Waals surface area contributed by atoms with E-state index >= 15 is 0 Å². The van der Waals surface area contributed by atoms with E-state index in [9.17, 15) is 4.79 Å². The molecular formula is C25H28N4O5S. The van der Waals surface area contributed by atoms with Gasteiger partial charge in [0.1, 0.15) is 28.4 Å². The molecule has 5 rings (SSSR count). The molecule has 0 aliphatic carbocycles. The van der Waals surface area contributed by atoms with Crippen LogP contribution in [0.25, 0.3) is 10.9 Å². The Morgan fingerprint density at radius 1 is 1.23 bits per heavy atom. The molecule has 1 aromatic carbocycles. The van der Waals surface area contributed by atoms with Crippen molar-refractivity contribution in [1.29, 1.82) is 0 Å². The molecular weight excluding hydrogens is 468 g/mol. The Morgan fingerprint density at radius 2 is 2.09 bits per heavy atom. The highest BCUT2D eigenvalue weighted by Crippen LogP contribution is 2.37. The van der Waals surface area contributed by atoms with E-state index in [1.54, 1.807) is 25.1 Å². The maximum absolute atomic E-state index is 11.3. The van der Waals surface area contributed by atoms with Gasteiger partial charge in [-0.1, -0.05) is 11.8 Å². The van der Waals surface area contributed by atoms with E-state index in [4.69, 9.17) is 24.7 Å². The fraction of sp³-hybridized carbons (Fsp3) is 0.400. The van der Waals surface area contributed by atoms with Crippen molar-refractivity contribution in [1.82, 2.24) is 9.97 Å². The minimum atomic E-state index is -0.311. The van der Waals surface area contributed by atoms with Gasteiger partial charge in [-0.2, -0.15) is 0 Å². The van der Waals surface area contributed by atoms with Crippen LogP contribution in [0, 0.1) is 0 Å². The van der Waals surface area contributed by atoms with Gasteiger partial charge in [0.2, 0.25) is 5.91 Å². The third kappa shape index (κ3) is 5.77. The molecule has 1 unspecified atom stereocenters. The summed E-state index contributed by atoms with van der Waals surface area (Å²) in [5.74, 6) is 1.69. The Kier molecular flexibility index (Phi) is 7.21. The predicted octanol–water partition coefficient (Wildman–Crippen LogP) is 3.80. The third-order valence-electron chi connectivity index (χ3n) is 5.83. The Balaban J connectivity index is 1.43. The number of benzene rings is 1. The van der Waals surface area contributed by atoms with E-state index in [0.717, 1.165) is 45.9 Å². The number of H-pyrrole nitrogens is 1. The van der Waals surface area contributed by atoms with Gasteiger partial charge in [-0.25, -0.2) is 0 Å². The molecule has 3 aromatic rings. The van der Waals surface area contributed by atoms with E-state index < -0.39 is 0 Å². The lowest BCUT2D eigenvalue weighted by Crippen LogP contribution is -2.25. The quantitative estimate of drug-likeness (QED) is 0.462. The molecule has 184 valence electrons. The van der Waals surface area contributed by atoms with Gasteiger partial charge < -0.3 is 29.7 Å². The Hall–Kier alpha value is -3.08. The Labute approximate surface area is 207 Å². The highest BCUT2D eigenvalue weighted by molar-refractivity contribution is 8.15. The summed E-state index contributed by atoms with van der Waals surface area (Å²) >= 11 is 1.57. The van der Waals surface area contributed by atoms with Crippen LogP contribution in [0.3, 0.4) is 0 Å². The molecule has 2 aliphatic heterocycles. The van der Waals surface area contributed by atoms with Crippen LogP contribution < -0.4 is 15.2 Å². The van der Waals surface area contributed by atoms with Crippen molar-refractivity contribution < 1.29 is 23.7 Å². The Bertz CT molecular complexity index is 1220. The van der Waals surface area contributed by atoms with Crippen molar-refractivity contribution in [2.75, 3.05) is 26.9 Å². The molecule has 10 heteroatoms. The predicted molar refractivity (Wildman–Crippen MR) is 134 cm³/mol. The lowest BCUT2D eigenvalue weighted by atomic mass is 10.1. The first kappa shape index (κ1) is 23.7. The topological polar surface area (TPSA) is 121 Å². The molecule has 4 heterocycles. The largest absolute Gasteiger partial charge is 0.488 e. The first-order valence-corrected chi connectivity index (χ1v) is 12.5. The molecule has 1 fully saturated rings. The number of aliphatic imine (C=N–C) groups is 1. The highest BCUT2D eigenvalue weighted by Gasteiger charge is 2.25. The number of aromatic nitrogens is 2. The number of nitrogens with one attached hydrogen (secondary N) is 1. The van der Waals surface area contributed by atoms with Crippen molar-refractivity contribution in [2.45, 2.75) is 37.2 Å². The summed E-state index contributed by atoms with van der Waals surface area (Å²) in [6.07, 6.45) is 3.74. The van der Waals surface area contributed by atoms with Crippen molar-refractivity contribution in [3.8, 4) is 17.2 Å². The molecule has 0 spiro atoms. The zero-order valence-electron chi connectivity index (χ0n) is 19.5. The van der Waals surface area contributed by atoms with Crippen LogP contribution in [0.4, 0.5) is 0 Å². The standard InChI is InChI=1S/C25H28N4O5S/c1-31-14-16-2-3-18(12-27-16)33-19-8-15-9-21(25-28-13-20(35-25)11-23(26)30)29-24(15)22(10-19)34-17-4-6-32-7-5-17/h2-3,8-10,12,17,20,29H,4-7,11,13-14H2,1H3,(H2,26,30). The molecule has 1 atom stereocenters. The Morgan fingerprint density at radius 3 is 2.83 bits per heavy atom. The highest BCUT2D eigenvalue weighted by atomic mass is 32.2. The molecule has 1 saturated heterocycles. The summed E-state index contributed by atoms with van der Waals surface area (Å²) in [6, 6.07) is 9.66. The molecule has 3 N–H and O–H groups in total. The summed E-state index contributed by atoms with van der Waals surface area (Å²) in [7, 11) is 1.64. The van der Waals surface area contributed by atoms with Crippen LogP contribution in [0.2, 0.25) is 0 Å². The van der Waals surface area contributed by atoms with Crippen LogP contribution in [0.1, 0.15) is 30.7 Å². The number of amides is 1. The molecule has 0 bridgehead atoms. The van der Waals surface area contributed by atoms with E-state index in [2.05, 4.69) is 15.0 Å². The summed E-state index contributed by atoms with van der Waals surface area (Å²) in [6.45, 7) is 2.40. The molecule has 0 saturated carbocycles. The van der Waals surface area contributed by atoms with Gasteiger partial charge in [0.05, 0.1) is 49.5 Å².